The number of piperazine rings is 1. The molecule has 2 atom stereocenters. The highest BCUT2D eigenvalue weighted by molar-refractivity contribution is 6.30. The van der Waals surface area contributed by atoms with Crippen molar-refractivity contribution in [1.29, 1.82) is 5.26 Å². The predicted octanol–water partition coefficient (Wildman–Crippen LogP) is 3.63. The van der Waals surface area contributed by atoms with Crippen molar-refractivity contribution in [2.24, 2.45) is 0 Å². The molecule has 2 aromatic rings. The summed E-state index contributed by atoms with van der Waals surface area (Å²) >= 11 is 6.44. The van der Waals surface area contributed by atoms with Crippen LogP contribution in [0.15, 0.2) is 24.5 Å². The number of ether oxygens (including phenoxy) is 1. The minimum Gasteiger partial charge on any atom is -0.467 e. The number of amides is 2. The lowest BCUT2D eigenvalue weighted by molar-refractivity contribution is -0.131. The van der Waals surface area contributed by atoms with Gasteiger partial charge < -0.3 is 19.9 Å². The minimum atomic E-state index is -1.07. The van der Waals surface area contributed by atoms with E-state index < -0.39 is 23.2 Å². The van der Waals surface area contributed by atoms with Crippen LogP contribution in [0, 0.1) is 18.3 Å². The first kappa shape index (κ1) is 25.9. The molecular weight excluding hydrogens is 511 g/mol. The predicted molar refractivity (Wildman–Crippen MR) is 140 cm³/mol. The van der Waals surface area contributed by atoms with Crippen molar-refractivity contribution in [1.82, 2.24) is 14.9 Å². The van der Waals surface area contributed by atoms with Crippen LogP contribution in [-0.2, 0) is 27.8 Å². The SMILES string of the molecule is C=C(F)C(=O)N1CCN(c2nc(OC)nc3c2NC(=O)C2(CCCc4c(C)cc(Cl)cc42)C3)CC1CC#N. The highest BCUT2D eigenvalue weighted by atomic mass is 35.5. The first-order valence-corrected chi connectivity index (χ1v) is 12.9. The minimum absolute atomic E-state index is 0.00624. The topological polar surface area (TPSA) is 111 Å². The second-order valence-corrected chi connectivity index (χ2v) is 10.5. The molecule has 2 unspecified atom stereocenters. The molecule has 1 N–H and O–H groups in total. The quantitative estimate of drug-likeness (QED) is 0.592. The molecule has 38 heavy (non-hydrogen) atoms. The van der Waals surface area contributed by atoms with Gasteiger partial charge in [-0.15, -0.1) is 0 Å². The molecule has 3 heterocycles. The van der Waals surface area contributed by atoms with Crippen molar-refractivity contribution in [3.63, 3.8) is 0 Å². The number of benzene rings is 1. The number of methoxy groups -OCH3 is 1. The number of halogens is 2. The van der Waals surface area contributed by atoms with E-state index in [-0.39, 0.29) is 31.4 Å². The highest BCUT2D eigenvalue weighted by Gasteiger charge is 2.49. The number of carbonyl (C=O) groups is 2. The first-order chi connectivity index (χ1) is 18.2. The number of anilines is 2. The fourth-order valence-electron chi connectivity index (χ4n) is 6.05. The van der Waals surface area contributed by atoms with Gasteiger partial charge in [-0.1, -0.05) is 18.2 Å². The average molecular weight is 539 g/mol. The second-order valence-electron chi connectivity index (χ2n) is 10.0. The normalized spacial score (nSPS) is 22.3. The molecule has 1 saturated heterocycles. The van der Waals surface area contributed by atoms with Gasteiger partial charge in [-0.2, -0.15) is 15.2 Å². The average Bonchev–Trinajstić information content (AvgIpc) is 2.89. The molecule has 9 nitrogen and oxygen atoms in total. The zero-order valence-electron chi connectivity index (χ0n) is 21.3. The summed E-state index contributed by atoms with van der Waals surface area (Å²) < 4.78 is 19.1. The zero-order valence-corrected chi connectivity index (χ0v) is 22.1. The molecule has 5 rings (SSSR count). The molecule has 1 spiro atoms. The summed E-state index contributed by atoms with van der Waals surface area (Å²) in [5, 5.41) is 13.0. The molecule has 1 fully saturated rings. The van der Waals surface area contributed by atoms with E-state index in [4.69, 9.17) is 16.3 Å². The Kier molecular flexibility index (Phi) is 6.73. The molecule has 1 aliphatic carbocycles. The summed E-state index contributed by atoms with van der Waals surface area (Å²) in [5.41, 5.74) is 3.46. The van der Waals surface area contributed by atoms with Gasteiger partial charge in [-0.3, -0.25) is 9.59 Å². The summed E-state index contributed by atoms with van der Waals surface area (Å²) in [6.07, 6.45) is 2.76. The van der Waals surface area contributed by atoms with Crippen molar-refractivity contribution in [3.05, 3.63) is 51.9 Å². The van der Waals surface area contributed by atoms with Crippen LogP contribution in [0.3, 0.4) is 0 Å². The van der Waals surface area contributed by atoms with E-state index in [9.17, 15) is 19.2 Å². The molecule has 0 saturated carbocycles. The highest BCUT2D eigenvalue weighted by Crippen LogP contribution is 2.48. The monoisotopic (exact) mass is 538 g/mol. The molecular formula is C27H28ClFN6O3. The van der Waals surface area contributed by atoms with Gasteiger partial charge in [0.05, 0.1) is 36.8 Å². The number of rotatable bonds is 4. The number of hydrogen-bond donors (Lipinski definition) is 1. The lowest BCUT2D eigenvalue weighted by Gasteiger charge is -2.44. The van der Waals surface area contributed by atoms with Crippen molar-refractivity contribution < 1.29 is 18.7 Å². The Morgan fingerprint density at radius 2 is 2.18 bits per heavy atom. The third-order valence-corrected chi connectivity index (χ3v) is 8.07. The zero-order chi connectivity index (χ0) is 27.2. The molecule has 1 aromatic carbocycles. The number of aromatic nitrogens is 2. The van der Waals surface area contributed by atoms with Gasteiger partial charge in [0.15, 0.2) is 11.6 Å². The van der Waals surface area contributed by atoms with Crippen molar-refractivity contribution >= 4 is 34.9 Å². The molecule has 2 aliphatic heterocycles. The number of carbonyl (C=O) groups excluding carboxylic acids is 2. The third-order valence-electron chi connectivity index (χ3n) is 7.86. The Balaban J connectivity index is 1.55. The first-order valence-electron chi connectivity index (χ1n) is 12.5. The van der Waals surface area contributed by atoms with Gasteiger partial charge in [0, 0.05) is 31.1 Å². The van der Waals surface area contributed by atoms with E-state index in [1.54, 1.807) is 0 Å². The molecule has 198 valence electrons. The summed E-state index contributed by atoms with van der Waals surface area (Å²) in [7, 11) is 1.48. The van der Waals surface area contributed by atoms with E-state index in [0.717, 1.165) is 29.5 Å². The molecule has 2 amide bonds. The molecule has 11 heteroatoms. The van der Waals surface area contributed by atoms with E-state index >= 15 is 0 Å². The Morgan fingerprint density at radius 1 is 1.39 bits per heavy atom. The van der Waals surface area contributed by atoms with Gasteiger partial charge in [-0.25, -0.2) is 4.39 Å². The third kappa shape index (κ3) is 4.25. The summed E-state index contributed by atoms with van der Waals surface area (Å²) in [6.45, 7) is 5.82. The van der Waals surface area contributed by atoms with Crippen molar-refractivity contribution in [2.75, 3.05) is 37.0 Å². The largest absolute Gasteiger partial charge is 0.467 e. The van der Waals surface area contributed by atoms with Crippen LogP contribution < -0.4 is 15.0 Å². The molecule has 0 bridgehead atoms. The summed E-state index contributed by atoms with van der Waals surface area (Å²) in [4.78, 5) is 38.6. The van der Waals surface area contributed by atoms with Crippen LogP contribution in [-0.4, -0.2) is 59.5 Å². The lowest BCUT2D eigenvalue weighted by Crippen LogP contribution is -2.56. The van der Waals surface area contributed by atoms with E-state index in [1.165, 1.54) is 12.0 Å². The van der Waals surface area contributed by atoms with Crippen LogP contribution in [0.1, 0.15) is 41.6 Å². The van der Waals surface area contributed by atoms with Gasteiger partial charge in [0.2, 0.25) is 5.91 Å². The number of aryl methyl sites for hydroxylation is 1. The van der Waals surface area contributed by atoms with E-state index in [1.807, 2.05) is 24.0 Å². The summed E-state index contributed by atoms with van der Waals surface area (Å²) in [6, 6.07) is 5.47. The van der Waals surface area contributed by atoms with E-state index in [2.05, 4.69) is 27.9 Å². The van der Waals surface area contributed by atoms with Gasteiger partial charge >= 0.3 is 6.01 Å². The van der Waals surface area contributed by atoms with Gasteiger partial charge in [0.25, 0.3) is 5.91 Å². The van der Waals surface area contributed by atoms with Crippen LogP contribution in [0.2, 0.25) is 5.02 Å². The lowest BCUT2D eigenvalue weighted by atomic mass is 9.65. The van der Waals surface area contributed by atoms with E-state index in [0.29, 0.717) is 41.6 Å². The van der Waals surface area contributed by atoms with Crippen molar-refractivity contribution in [2.45, 2.75) is 50.5 Å². The summed E-state index contributed by atoms with van der Waals surface area (Å²) in [5.74, 6) is -1.59. The maximum atomic E-state index is 13.9. The molecule has 1 aromatic heterocycles. The second kappa shape index (κ2) is 9.87. The smallest absolute Gasteiger partial charge is 0.318 e. The van der Waals surface area contributed by atoms with Gasteiger partial charge in [0.1, 0.15) is 5.69 Å². The Hall–Kier alpha value is -3.71. The number of nitrogens with one attached hydrogen (secondary N) is 1. The Bertz CT molecular complexity index is 1390. The fourth-order valence-corrected chi connectivity index (χ4v) is 6.32. The maximum Gasteiger partial charge on any atom is 0.318 e. The van der Waals surface area contributed by atoms with Crippen LogP contribution >= 0.6 is 11.6 Å². The van der Waals surface area contributed by atoms with Crippen molar-refractivity contribution in [3.8, 4) is 12.1 Å². The van der Waals surface area contributed by atoms with Gasteiger partial charge in [-0.05, 0) is 55.0 Å². The van der Waals surface area contributed by atoms with Crippen LogP contribution in [0.4, 0.5) is 15.9 Å². The fraction of sp³-hybridized carbons (Fsp3) is 0.444. The standard InChI is InChI=1S/C27H28ClFN6O3/c1-15-11-17(28)12-20-19(15)5-4-7-27(20)13-21-22(32-25(27)37)23(33-26(31-21)38-3)34-9-10-35(24(36)16(2)29)18(14-34)6-8-30/h11-12,18H,2,4-7,9-10,13-14H2,1,3H3,(H,32,37). The van der Waals surface area contributed by atoms with Crippen LogP contribution in [0.5, 0.6) is 6.01 Å². The maximum absolute atomic E-state index is 13.9. The number of fused-ring (bicyclic) bond motifs is 3. The number of hydrogen-bond acceptors (Lipinski definition) is 7. The molecule has 3 aliphatic rings. The Morgan fingerprint density at radius 3 is 2.89 bits per heavy atom. The molecule has 0 radical (unpaired) electrons. The van der Waals surface area contributed by atoms with Crippen LogP contribution in [0.25, 0.3) is 0 Å². The Labute approximate surface area is 225 Å². The number of nitriles is 1. The number of nitrogens with zero attached hydrogens (tertiary/aromatic N) is 5.